The number of rotatable bonds is 14. The fourth-order valence-corrected chi connectivity index (χ4v) is 2.06. The molecule has 0 aromatic rings. The largest absolute Gasteiger partial charge is 0.481 e. The maximum atomic E-state index is 11.1. The monoisotopic (exact) mass is 309 g/mol. The van der Waals surface area contributed by atoms with Crippen molar-refractivity contribution < 1.29 is 19.4 Å². The normalized spacial score (nSPS) is 9.95. The second-order valence-corrected chi connectivity index (χ2v) is 5.30. The second-order valence-electron chi connectivity index (χ2n) is 5.30. The van der Waals surface area contributed by atoms with E-state index in [1.807, 2.05) is 0 Å². The van der Waals surface area contributed by atoms with E-state index in [1.54, 1.807) is 0 Å². The summed E-state index contributed by atoms with van der Waals surface area (Å²) in [5, 5.41) is 8.41. The third-order valence-electron chi connectivity index (χ3n) is 3.30. The molecule has 4 nitrogen and oxygen atoms in total. The van der Waals surface area contributed by atoms with E-state index < -0.39 is 11.9 Å². The molecule has 0 saturated carbocycles. The van der Waals surface area contributed by atoms with Crippen LogP contribution in [0, 0.1) is 0 Å². The first-order valence-electron chi connectivity index (χ1n) is 8.04. The van der Waals surface area contributed by atoms with Gasteiger partial charge >= 0.3 is 11.9 Å². The number of carbonyl (C=O) groups is 2. The molecule has 0 heterocycles. The van der Waals surface area contributed by atoms with Gasteiger partial charge in [0.05, 0.1) is 19.4 Å². The van der Waals surface area contributed by atoms with Gasteiger partial charge in [0.1, 0.15) is 0 Å². The molecular weight excluding hydrogens is 279 g/mol. The zero-order valence-electron chi connectivity index (χ0n) is 13.9. The van der Waals surface area contributed by atoms with E-state index >= 15 is 0 Å². The molecule has 0 aliphatic heterocycles. The van der Waals surface area contributed by atoms with Crippen molar-refractivity contribution in [1.82, 2.24) is 0 Å². The van der Waals surface area contributed by atoms with Crippen LogP contribution in [0.3, 0.4) is 0 Å². The van der Waals surface area contributed by atoms with E-state index in [1.165, 1.54) is 51.4 Å². The minimum atomic E-state index is -0.958. The molecule has 0 fully saturated rings. The molecule has 21 heavy (non-hydrogen) atoms. The Bertz CT molecular complexity index is 257. The predicted molar refractivity (Wildman–Crippen MR) is 85.4 cm³/mol. The Kier molecular flexibility index (Phi) is 19.9. The quantitative estimate of drug-likeness (QED) is 0.300. The van der Waals surface area contributed by atoms with Crippen LogP contribution in [0.25, 0.3) is 0 Å². The third kappa shape index (κ3) is 19.9. The van der Waals surface area contributed by atoms with Gasteiger partial charge in [0, 0.05) is 29.6 Å². The zero-order valence-corrected chi connectivity index (χ0v) is 15.9. The molecule has 1 radical (unpaired) electrons. The molecule has 5 heteroatoms. The van der Waals surface area contributed by atoms with E-state index in [2.05, 4.69) is 6.92 Å². The molecule has 0 bridgehead atoms. The maximum absolute atomic E-state index is 11.1. The molecule has 0 aromatic carbocycles. The van der Waals surface area contributed by atoms with Crippen LogP contribution in [0.4, 0.5) is 0 Å². The van der Waals surface area contributed by atoms with Crippen LogP contribution in [-0.2, 0) is 14.3 Å². The Hall–Kier alpha value is -0.0600. The van der Waals surface area contributed by atoms with Gasteiger partial charge in [0.2, 0.25) is 0 Å². The third-order valence-corrected chi connectivity index (χ3v) is 3.30. The average Bonchev–Trinajstić information content (AvgIpc) is 2.42. The van der Waals surface area contributed by atoms with Gasteiger partial charge in [-0.25, -0.2) is 0 Å². The summed E-state index contributed by atoms with van der Waals surface area (Å²) in [5.41, 5.74) is 0. The standard InChI is InChI=1S/C16H30O4.Na/c1-2-3-4-5-6-7-8-9-10-11-14-20-16(19)13-12-15(17)18;/h2-14H2,1H3,(H,17,18);. The predicted octanol–water partition coefficient (Wildman–Crippen LogP) is 3.93. The molecular formula is C16H30NaO4. The molecule has 0 aromatic heterocycles. The molecule has 0 unspecified atom stereocenters. The van der Waals surface area contributed by atoms with Crippen molar-refractivity contribution in [3.63, 3.8) is 0 Å². The Balaban J connectivity index is 0. The summed E-state index contributed by atoms with van der Waals surface area (Å²) in [6, 6.07) is 0. The van der Waals surface area contributed by atoms with E-state index in [9.17, 15) is 9.59 Å². The number of carboxylic acid groups (broad SMARTS) is 1. The average molecular weight is 309 g/mol. The van der Waals surface area contributed by atoms with Gasteiger partial charge in [0.15, 0.2) is 0 Å². The minimum Gasteiger partial charge on any atom is -0.481 e. The molecule has 119 valence electrons. The number of carboxylic acids is 1. The number of aliphatic carboxylic acids is 1. The van der Waals surface area contributed by atoms with Crippen LogP contribution in [0.15, 0.2) is 0 Å². The number of carbonyl (C=O) groups excluding carboxylic acids is 1. The number of unbranched alkanes of at least 4 members (excludes halogenated alkanes) is 9. The second kappa shape index (κ2) is 18.0. The fraction of sp³-hybridized carbons (Fsp3) is 0.875. The maximum Gasteiger partial charge on any atom is 0.306 e. The summed E-state index contributed by atoms with van der Waals surface area (Å²) < 4.78 is 4.96. The summed E-state index contributed by atoms with van der Waals surface area (Å²) in [6.07, 6.45) is 12.3. The summed E-state index contributed by atoms with van der Waals surface area (Å²) >= 11 is 0. The van der Waals surface area contributed by atoms with Crippen molar-refractivity contribution in [2.75, 3.05) is 6.61 Å². The first kappa shape index (κ1) is 23.2. The van der Waals surface area contributed by atoms with Gasteiger partial charge in [-0.1, -0.05) is 64.7 Å². The molecule has 0 spiro atoms. The molecule has 0 atom stereocenters. The van der Waals surface area contributed by atoms with Crippen LogP contribution in [0.1, 0.15) is 84.0 Å². The summed E-state index contributed by atoms with van der Waals surface area (Å²) in [5.74, 6) is -1.36. The fourth-order valence-electron chi connectivity index (χ4n) is 2.06. The number of esters is 1. The number of hydrogen-bond acceptors (Lipinski definition) is 3. The Morgan fingerprint density at radius 2 is 1.29 bits per heavy atom. The van der Waals surface area contributed by atoms with E-state index in [0.717, 1.165) is 12.8 Å². The Morgan fingerprint density at radius 1 is 0.810 bits per heavy atom. The van der Waals surface area contributed by atoms with Crippen molar-refractivity contribution in [3.8, 4) is 0 Å². The first-order valence-corrected chi connectivity index (χ1v) is 8.04. The van der Waals surface area contributed by atoms with Gasteiger partial charge in [0.25, 0.3) is 0 Å². The molecule has 1 N–H and O–H groups in total. The van der Waals surface area contributed by atoms with Crippen molar-refractivity contribution in [2.45, 2.75) is 84.0 Å². The van der Waals surface area contributed by atoms with Crippen LogP contribution < -0.4 is 0 Å². The number of hydrogen-bond donors (Lipinski definition) is 1. The van der Waals surface area contributed by atoms with Crippen molar-refractivity contribution in [3.05, 3.63) is 0 Å². The van der Waals surface area contributed by atoms with Gasteiger partial charge in [-0.2, -0.15) is 0 Å². The summed E-state index contributed by atoms with van der Waals surface area (Å²) in [7, 11) is 0. The Morgan fingerprint density at radius 3 is 1.76 bits per heavy atom. The SMILES string of the molecule is CCCCCCCCCCCCOC(=O)CCC(=O)O.[Na]. The molecule has 0 aliphatic rings. The Labute approximate surface area is 151 Å². The number of ether oxygens (including phenoxy) is 1. The van der Waals surface area contributed by atoms with Crippen LogP contribution in [0.5, 0.6) is 0 Å². The van der Waals surface area contributed by atoms with Crippen molar-refractivity contribution >= 4 is 41.5 Å². The summed E-state index contributed by atoms with van der Waals surface area (Å²) in [4.78, 5) is 21.4. The van der Waals surface area contributed by atoms with Crippen molar-refractivity contribution in [2.24, 2.45) is 0 Å². The van der Waals surface area contributed by atoms with Gasteiger partial charge in [-0.15, -0.1) is 0 Å². The minimum absolute atomic E-state index is 0. The van der Waals surface area contributed by atoms with Gasteiger partial charge in [-0.05, 0) is 6.42 Å². The smallest absolute Gasteiger partial charge is 0.306 e. The molecule has 0 rings (SSSR count). The van der Waals surface area contributed by atoms with Gasteiger partial charge in [-0.3, -0.25) is 9.59 Å². The zero-order chi connectivity index (χ0) is 15.1. The van der Waals surface area contributed by atoms with E-state index in [4.69, 9.17) is 9.84 Å². The van der Waals surface area contributed by atoms with Crippen LogP contribution >= 0.6 is 0 Å². The molecule has 0 saturated heterocycles. The molecule has 0 aliphatic carbocycles. The molecule has 0 amide bonds. The van der Waals surface area contributed by atoms with Gasteiger partial charge < -0.3 is 9.84 Å². The van der Waals surface area contributed by atoms with E-state index in [0.29, 0.717) is 6.61 Å². The van der Waals surface area contributed by atoms with E-state index in [-0.39, 0.29) is 42.4 Å². The topological polar surface area (TPSA) is 63.6 Å². The van der Waals surface area contributed by atoms with Crippen LogP contribution in [0.2, 0.25) is 0 Å². The summed E-state index contributed by atoms with van der Waals surface area (Å²) in [6.45, 7) is 2.66. The van der Waals surface area contributed by atoms with Crippen LogP contribution in [-0.4, -0.2) is 53.2 Å². The van der Waals surface area contributed by atoms with Crippen molar-refractivity contribution in [1.29, 1.82) is 0 Å². The first-order chi connectivity index (χ1) is 9.66.